The number of hydrogen-bond donors (Lipinski definition) is 0. The number of ether oxygens (including phenoxy) is 2. The number of hydrogen-bond acceptors (Lipinski definition) is 7. The van der Waals surface area contributed by atoms with Gasteiger partial charge in [0.15, 0.2) is 12.2 Å². The minimum absolute atomic E-state index is 0.201. The lowest BCUT2D eigenvalue weighted by Crippen LogP contribution is -2.64. The maximum Gasteiger partial charge on any atom is 0.328 e. The molecular weight excluding hydrogens is 446 g/mol. The second-order valence-corrected chi connectivity index (χ2v) is 8.67. The van der Waals surface area contributed by atoms with Crippen LogP contribution in [0.3, 0.4) is 0 Å². The second-order valence-electron chi connectivity index (χ2n) is 8.67. The molecule has 0 N–H and O–H groups in total. The molecule has 9 heteroatoms. The number of anilines is 1. The molecule has 3 heterocycles. The molecule has 3 aliphatic heterocycles. The molecule has 2 aromatic carbocycles. The molecule has 1 fully saturated rings. The predicted octanol–water partition coefficient (Wildman–Crippen LogP) is 3.12. The first-order valence-corrected chi connectivity index (χ1v) is 11.7. The van der Waals surface area contributed by atoms with Crippen LogP contribution in [0.2, 0.25) is 0 Å². The van der Waals surface area contributed by atoms with Gasteiger partial charge in [-0.3, -0.25) is 19.5 Å². The normalized spacial score (nSPS) is 21.3. The molecule has 2 atom stereocenters. The van der Waals surface area contributed by atoms with E-state index < -0.39 is 12.2 Å². The summed E-state index contributed by atoms with van der Waals surface area (Å²) in [6.07, 6.45) is 1.32. The Balaban J connectivity index is 1.60. The van der Waals surface area contributed by atoms with Gasteiger partial charge in [-0.05, 0) is 31.5 Å². The van der Waals surface area contributed by atoms with Crippen molar-refractivity contribution in [1.82, 2.24) is 14.7 Å². The first-order valence-electron chi connectivity index (χ1n) is 11.7. The van der Waals surface area contributed by atoms with E-state index in [-0.39, 0.29) is 18.5 Å². The zero-order valence-electron chi connectivity index (χ0n) is 20.3. The summed E-state index contributed by atoms with van der Waals surface area (Å²) >= 11 is 0. The standard InChI is InChI=1S/C26H29N5O4/c1-5-35-14-13-29-24(32)22-23(28(3)26(29)33)27-25-30(22)16-20(18-9-7-6-8-10-18)31(25)19-15-17(2)11-12-21(19)34-4/h6-12,15-16,22-23H,5,13-14H2,1-4H3. The summed E-state index contributed by atoms with van der Waals surface area (Å²) < 4.78 is 11.1. The highest BCUT2D eigenvalue weighted by Crippen LogP contribution is 2.43. The van der Waals surface area contributed by atoms with E-state index >= 15 is 0 Å². The van der Waals surface area contributed by atoms with Crippen LogP contribution in [0, 0.1) is 6.92 Å². The number of carbonyl (C=O) groups is 2. The van der Waals surface area contributed by atoms with Gasteiger partial charge < -0.3 is 14.4 Å². The SMILES string of the molecule is CCOCCN1C(=O)C2C(N=C3N(c4cc(C)ccc4OC)C(c4ccccc4)=CN32)N(C)C1=O. The number of guanidine groups is 1. The molecule has 2 aromatic rings. The van der Waals surface area contributed by atoms with E-state index in [9.17, 15) is 9.59 Å². The molecule has 0 aliphatic carbocycles. The van der Waals surface area contributed by atoms with Gasteiger partial charge in [0.05, 0.1) is 31.6 Å². The smallest absolute Gasteiger partial charge is 0.328 e. The van der Waals surface area contributed by atoms with Crippen LogP contribution < -0.4 is 9.64 Å². The number of nitrogens with zero attached hydrogens (tertiary/aromatic N) is 5. The molecule has 0 aromatic heterocycles. The number of likely N-dealkylation sites (N-methyl/N-ethyl adjacent to an activating group) is 1. The number of fused-ring (bicyclic) bond motifs is 3. The molecule has 182 valence electrons. The summed E-state index contributed by atoms with van der Waals surface area (Å²) in [4.78, 5) is 38.2. The molecule has 35 heavy (non-hydrogen) atoms. The van der Waals surface area contributed by atoms with Crippen molar-refractivity contribution in [2.24, 2.45) is 4.99 Å². The Morgan fingerprint density at radius 1 is 1.09 bits per heavy atom. The Morgan fingerprint density at radius 2 is 1.86 bits per heavy atom. The Kier molecular flexibility index (Phi) is 5.94. The number of rotatable bonds is 7. The van der Waals surface area contributed by atoms with Gasteiger partial charge in [0.1, 0.15) is 5.75 Å². The van der Waals surface area contributed by atoms with Crippen LogP contribution in [0.5, 0.6) is 5.75 Å². The number of amides is 3. The highest BCUT2D eigenvalue weighted by molar-refractivity contribution is 6.16. The molecule has 1 saturated heterocycles. The fraction of sp³-hybridized carbons (Fsp3) is 0.346. The third-order valence-corrected chi connectivity index (χ3v) is 6.52. The van der Waals surface area contributed by atoms with E-state index in [1.807, 2.05) is 78.4 Å². The maximum absolute atomic E-state index is 13.6. The zero-order chi connectivity index (χ0) is 24.7. The van der Waals surface area contributed by atoms with E-state index in [0.29, 0.717) is 24.9 Å². The fourth-order valence-electron chi connectivity index (χ4n) is 4.77. The molecule has 0 spiro atoms. The van der Waals surface area contributed by atoms with Gasteiger partial charge in [-0.2, -0.15) is 0 Å². The van der Waals surface area contributed by atoms with E-state index in [1.165, 1.54) is 9.80 Å². The van der Waals surface area contributed by atoms with E-state index in [2.05, 4.69) is 0 Å². The van der Waals surface area contributed by atoms with Crippen LogP contribution >= 0.6 is 0 Å². The van der Waals surface area contributed by atoms with Crippen molar-refractivity contribution in [3.8, 4) is 5.75 Å². The van der Waals surface area contributed by atoms with Crippen molar-refractivity contribution < 1.29 is 19.1 Å². The summed E-state index contributed by atoms with van der Waals surface area (Å²) in [5, 5.41) is 0. The number of urea groups is 1. The first-order chi connectivity index (χ1) is 17.0. The van der Waals surface area contributed by atoms with Gasteiger partial charge in [-0.25, -0.2) is 9.79 Å². The molecule has 2 unspecified atom stereocenters. The summed E-state index contributed by atoms with van der Waals surface area (Å²) in [5.74, 6) is 0.992. The van der Waals surface area contributed by atoms with E-state index in [4.69, 9.17) is 14.5 Å². The van der Waals surface area contributed by atoms with Gasteiger partial charge in [0, 0.05) is 25.4 Å². The van der Waals surface area contributed by atoms with Crippen molar-refractivity contribution in [3.63, 3.8) is 0 Å². The van der Waals surface area contributed by atoms with E-state index in [1.54, 1.807) is 14.2 Å². The molecule has 0 saturated carbocycles. The molecule has 9 nitrogen and oxygen atoms in total. The minimum atomic E-state index is -0.658. The Bertz CT molecular complexity index is 1210. The van der Waals surface area contributed by atoms with Crippen LogP contribution in [-0.4, -0.2) is 78.7 Å². The van der Waals surface area contributed by atoms with Crippen LogP contribution in [0.4, 0.5) is 10.5 Å². The first kappa shape index (κ1) is 22.9. The largest absolute Gasteiger partial charge is 0.495 e. The van der Waals surface area contributed by atoms with Gasteiger partial charge in [0.25, 0.3) is 5.91 Å². The summed E-state index contributed by atoms with van der Waals surface area (Å²) in [6.45, 7) is 4.92. The lowest BCUT2D eigenvalue weighted by Gasteiger charge is -2.40. The highest BCUT2D eigenvalue weighted by Gasteiger charge is 2.55. The molecular formula is C26H29N5O4. The van der Waals surface area contributed by atoms with Crippen molar-refractivity contribution in [2.45, 2.75) is 26.1 Å². The number of benzene rings is 2. The average molecular weight is 476 g/mol. The van der Waals surface area contributed by atoms with Gasteiger partial charge >= 0.3 is 6.03 Å². The van der Waals surface area contributed by atoms with Crippen LogP contribution in [0.15, 0.2) is 59.7 Å². The van der Waals surface area contributed by atoms with Crippen molar-refractivity contribution in [3.05, 3.63) is 65.9 Å². The van der Waals surface area contributed by atoms with Gasteiger partial charge in [0.2, 0.25) is 5.96 Å². The van der Waals surface area contributed by atoms with Crippen molar-refractivity contribution in [1.29, 1.82) is 0 Å². The van der Waals surface area contributed by atoms with E-state index in [0.717, 1.165) is 22.5 Å². The lowest BCUT2D eigenvalue weighted by atomic mass is 10.1. The van der Waals surface area contributed by atoms with Crippen molar-refractivity contribution >= 4 is 29.3 Å². The monoisotopic (exact) mass is 475 g/mol. The number of aryl methyl sites for hydroxylation is 1. The topological polar surface area (TPSA) is 77.9 Å². The Morgan fingerprint density at radius 3 is 2.57 bits per heavy atom. The Hall–Kier alpha value is -3.85. The highest BCUT2D eigenvalue weighted by atomic mass is 16.5. The molecule has 0 bridgehead atoms. The fourth-order valence-corrected chi connectivity index (χ4v) is 4.77. The minimum Gasteiger partial charge on any atom is -0.495 e. The van der Waals surface area contributed by atoms with Crippen LogP contribution in [-0.2, 0) is 9.53 Å². The average Bonchev–Trinajstić information content (AvgIpc) is 3.42. The molecule has 5 rings (SSSR count). The number of carbonyl (C=O) groups excluding carboxylic acids is 2. The number of methoxy groups -OCH3 is 1. The summed E-state index contributed by atoms with van der Waals surface area (Å²) in [7, 11) is 3.32. The number of aliphatic imine (C=N–C) groups is 1. The van der Waals surface area contributed by atoms with Crippen LogP contribution in [0.1, 0.15) is 18.1 Å². The van der Waals surface area contributed by atoms with Gasteiger partial charge in [-0.15, -0.1) is 0 Å². The molecule has 3 aliphatic rings. The van der Waals surface area contributed by atoms with Gasteiger partial charge in [-0.1, -0.05) is 36.4 Å². The third kappa shape index (κ3) is 3.72. The van der Waals surface area contributed by atoms with Crippen LogP contribution in [0.25, 0.3) is 5.70 Å². The predicted molar refractivity (Wildman–Crippen MR) is 133 cm³/mol. The summed E-state index contributed by atoms with van der Waals surface area (Å²) in [5.41, 5.74) is 3.73. The molecule has 0 radical (unpaired) electrons. The quantitative estimate of drug-likeness (QED) is 0.573. The number of imide groups is 1. The van der Waals surface area contributed by atoms with Crippen molar-refractivity contribution in [2.75, 3.05) is 38.8 Å². The second kappa shape index (κ2) is 9.07. The zero-order valence-corrected chi connectivity index (χ0v) is 20.3. The Labute approximate surface area is 204 Å². The molecule has 3 amide bonds. The third-order valence-electron chi connectivity index (χ3n) is 6.52. The lowest BCUT2D eigenvalue weighted by molar-refractivity contribution is -0.137. The maximum atomic E-state index is 13.6. The summed E-state index contributed by atoms with van der Waals surface area (Å²) in [6, 6.07) is 14.9.